The zero-order valence-corrected chi connectivity index (χ0v) is 11.6. The minimum absolute atomic E-state index is 0.0982. The topological polar surface area (TPSA) is 59.5 Å². The lowest BCUT2D eigenvalue weighted by Gasteiger charge is -2.23. The van der Waals surface area contributed by atoms with E-state index in [1.807, 2.05) is 0 Å². The molecule has 1 aromatic rings. The van der Waals surface area contributed by atoms with Crippen molar-refractivity contribution in [1.29, 1.82) is 0 Å². The van der Waals surface area contributed by atoms with Crippen molar-refractivity contribution in [2.45, 2.75) is 23.8 Å². The Hall–Kier alpha value is -0.690. The Balaban J connectivity index is 2.30. The Morgan fingerprint density at radius 2 is 2.33 bits per heavy atom. The van der Waals surface area contributed by atoms with E-state index in [1.165, 1.54) is 22.8 Å². The Morgan fingerprint density at radius 3 is 3.00 bits per heavy atom. The van der Waals surface area contributed by atoms with Crippen molar-refractivity contribution in [2.24, 2.45) is 0 Å². The smallest absolute Gasteiger partial charge is 0.244 e. The average molecular weight is 291 g/mol. The number of rotatable bonds is 4. The molecule has 100 valence electrons. The fourth-order valence-corrected chi connectivity index (χ4v) is 4.06. The van der Waals surface area contributed by atoms with Gasteiger partial charge in [-0.15, -0.1) is 0 Å². The second kappa shape index (κ2) is 5.52. The molecule has 0 amide bonds. The molecule has 1 aliphatic heterocycles. The molecule has 1 aromatic heterocycles. The van der Waals surface area contributed by atoms with Gasteiger partial charge in [-0.05, 0) is 18.9 Å². The molecule has 18 heavy (non-hydrogen) atoms. The van der Waals surface area contributed by atoms with Crippen LogP contribution in [-0.4, -0.2) is 44.0 Å². The van der Waals surface area contributed by atoms with Gasteiger partial charge in [0.15, 0.2) is 0 Å². The van der Waals surface area contributed by atoms with E-state index in [4.69, 9.17) is 16.3 Å². The summed E-state index contributed by atoms with van der Waals surface area (Å²) in [6.45, 7) is 0.927. The second-order valence-corrected chi connectivity index (χ2v) is 6.53. The van der Waals surface area contributed by atoms with Crippen molar-refractivity contribution in [3.63, 3.8) is 0 Å². The lowest BCUT2D eigenvalue weighted by Crippen LogP contribution is -2.38. The minimum atomic E-state index is -3.53. The Morgan fingerprint density at radius 1 is 1.56 bits per heavy atom. The molecule has 2 rings (SSSR count). The molecule has 1 saturated heterocycles. The maximum absolute atomic E-state index is 12.4. The zero-order valence-electron chi connectivity index (χ0n) is 10.0. The summed E-state index contributed by atoms with van der Waals surface area (Å²) < 4.78 is 31.4. The molecule has 0 saturated carbocycles. The van der Waals surface area contributed by atoms with Crippen LogP contribution in [-0.2, 0) is 14.8 Å². The number of ether oxygens (including phenoxy) is 1. The fourth-order valence-electron chi connectivity index (χ4n) is 2.15. The van der Waals surface area contributed by atoms with Gasteiger partial charge in [0, 0.05) is 32.1 Å². The molecule has 5 nitrogen and oxygen atoms in total. The number of hydrogen-bond acceptors (Lipinski definition) is 4. The molecule has 2 heterocycles. The lowest BCUT2D eigenvalue weighted by atomic mass is 10.2. The summed E-state index contributed by atoms with van der Waals surface area (Å²) in [5.74, 6) is 0. The summed E-state index contributed by atoms with van der Waals surface area (Å²) in [5.41, 5.74) is 0. The van der Waals surface area contributed by atoms with E-state index in [2.05, 4.69) is 4.98 Å². The summed E-state index contributed by atoms with van der Waals surface area (Å²) in [6, 6.07) is 1.32. The molecule has 1 unspecified atom stereocenters. The summed E-state index contributed by atoms with van der Waals surface area (Å²) in [6.07, 6.45) is 4.41. The maximum atomic E-state index is 12.4. The van der Waals surface area contributed by atoms with Crippen molar-refractivity contribution >= 4 is 21.6 Å². The van der Waals surface area contributed by atoms with Gasteiger partial charge in [-0.25, -0.2) is 8.42 Å². The van der Waals surface area contributed by atoms with E-state index in [1.54, 1.807) is 7.11 Å². The highest BCUT2D eigenvalue weighted by atomic mass is 35.5. The first-order chi connectivity index (χ1) is 8.55. The van der Waals surface area contributed by atoms with E-state index in [0.29, 0.717) is 18.2 Å². The van der Waals surface area contributed by atoms with Crippen LogP contribution in [0.25, 0.3) is 0 Å². The quantitative estimate of drug-likeness (QED) is 0.844. The van der Waals surface area contributed by atoms with Gasteiger partial charge in [0.25, 0.3) is 0 Å². The van der Waals surface area contributed by atoms with Gasteiger partial charge in [0.1, 0.15) is 4.90 Å². The lowest BCUT2D eigenvalue weighted by molar-refractivity contribution is 0.149. The molecule has 1 fully saturated rings. The predicted octanol–water partition coefficient (Wildman–Crippen LogP) is 1.53. The van der Waals surface area contributed by atoms with Crippen LogP contribution >= 0.6 is 11.6 Å². The average Bonchev–Trinajstić information content (AvgIpc) is 2.78. The Bertz CT molecular complexity index is 521. The first-order valence-electron chi connectivity index (χ1n) is 5.67. The van der Waals surface area contributed by atoms with E-state index in [9.17, 15) is 8.42 Å². The van der Waals surface area contributed by atoms with Crippen molar-refractivity contribution in [1.82, 2.24) is 9.29 Å². The number of nitrogens with zero attached hydrogens (tertiary/aromatic N) is 2. The van der Waals surface area contributed by atoms with Crippen LogP contribution in [0.3, 0.4) is 0 Å². The number of pyridine rings is 1. The molecule has 1 atom stereocenters. The number of aromatic nitrogens is 1. The van der Waals surface area contributed by atoms with Crippen LogP contribution in [0.2, 0.25) is 5.02 Å². The highest BCUT2D eigenvalue weighted by Gasteiger charge is 2.35. The molecule has 1 aliphatic rings. The van der Waals surface area contributed by atoms with E-state index >= 15 is 0 Å². The van der Waals surface area contributed by atoms with Gasteiger partial charge >= 0.3 is 0 Å². The van der Waals surface area contributed by atoms with E-state index in [-0.39, 0.29) is 10.9 Å². The standard InChI is InChI=1S/C11H15ClN2O3S/c1-17-8-10-3-2-4-14(10)18(15,16)11-5-9(12)6-13-7-11/h5-7,10H,2-4,8H2,1H3. The van der Waals surface area contributed by atoms with Crippen LogP contribution in [0.4, 0.5) is 0 Å². The summed E-state index contributed by atoms with van der Waals surface area (Å²) in [5, 5.41) is 0.318. The first-order valence-corrected chi connectivity index (χ1v) is 7.49. The summed E-state index contributed by atoms with van der Waals surface area (Å²) in [4.78, 5) is 3.96. The van der Waals surface area contributed by atoms with Crippen molar-refractivity contribution < 1.29 is 13.2 Å². The van der Waals surface area contributed by atoms with Crippen LogP contribution in [0.5, 0.6) is 0 Å². The van der Waals surface area contributed by atoms with Crippen LogP contribution in [0, 0.1) is 0 Å². The van der Waals surface area contributed by atoms with Crippen LogP contribution in [0.15, 0.2) is 23.4 Å². The third-order valence-corrected chi connectivity index (χ3v) is 5.09. The van der Waals surface area contributed by atoms with Gasteiger partial charge in [-0.1, -0.05) is 11.6 Å². The molecule has 0 radical (unpaired) electrons. The van der Waals surface area contributed by atoms with Gasteiger partial charge < -0.3 is 4.74 Å². The molecule has 0 spiro atoms. The third-order valence-electron chi connectivity index (χ3n) is 2.97. The number of hydrogen-bond donors (Lipinski definition) is 0. The molecular weight excluding hydrogens is 276 g/mol. The SMILES string of the molecule is COCC1CCCN1S(=O)(=O)c1cncc(Cl)c1. The molecule has 0 aliphatic carbocycles. The van der Waals surface area contributed by atoms with Gasteiger partial charge in [0.2, 0.25) is 10.0 Å². The monoisotopic (exact) mass is 290 g/mol. The largest absolute Gasteiger partial charge is 0.383 e. The minimum Gasteiger partial charge on any atom is -0.383 e. The molecule has 0 N–H and O–H groups in total. The van der Waals surface area contributed by atoms with Crippen molar-refractivity contribution in [3.8, 4) is 0 Å². The molecular formula is C11H15ClN2O3S. The van der Waals surface area contributed by atoms with Gasteiger partial charge in [-0.2, -0.15) is 4.31 Å². The number of methoxy groups -OCH3 is 1. The zero-order chi connectivity index (χ0) is 13.2. The summed E-state index contributed by atoms with van der Waals surface area (Å²) in [7, 11) is -1.95. The van der Waals surface area contributed by atoms with Gasteiger partial charge in [-0.3, -0.25) is 4.98 Å². The van der Waals surface area contributed by atoms with E-state index < -0.39 is 10.0 Å². The van der Waals surface area contributed by atoms with Crippen LogP contribution < -0.4 is 0 Å². The summed E-state index contributed by atoms with van der Waals surface area (Å²) >= 11 is 5.78. The van der Waals surface area contributed by atoms with Crippen LogP contribution in [0.1, 0.15) is 12.8 Å². The Labute approximate surface area is 112 Å². The van der Waals surface area contributed by atoms with E-state index in [0.717, 1.165) is 12.8 Å². The highest BCUT2D eigenvalue weighted by Crippen LogP contribution is 2.26. The highest BCUT2D eigenvalue weighted by molar-refractivity contribution is 7.89. The molecule has 0 bridgehead atoms. The third kappa shape index (κ3) is 2.66. The first kappa shape index (κ1) is 13.7. The number of sulfonamides is 1. The second-order valence-electron chi connectivity index (χ2n) is 4.21. The predicted molar refractivity (Wildman–Crippen MR) is 68.0 cm³/mol. The molecule has 7 heteroatoms. The number of halogens is 1. The van der Waals surface area contributed by atoms with Crippen molar-refractivity contribution in [2.75, 3.05) is 20.3 Å². The molecule has 0 aromatic carbocycles. The normalized spacial score (nSPS) is 21.3. The fraction of sp³-hybridized carbons (Fsp3) is 0.545. The van der Waals surface area contributed by atoms with Crippen molar-refractivity contribution in [3.05, 3.63) is 23.5 Å². The maximum Gasteiger partial charge on any atom is 0.244 e. The van der Waals surface area contributed by atoms with Gasteiger partial charge in [0.05, 0.1) is 11.6 Å². The Kier molecular flexibility index (Phi) is 4.21.